The summed E-state index contributed by atoms with van der Waals surface area (Å²) in [5.41, 5.74) is 4.65. The summed E-state index contributed by atoms with van der Waals surface area (Å²) in [5, 5.41) is 0. The van der Waals surface area contributed by atoms with Gasteiger partial charge in [0.25, 0.3) is 0 Å². The number of nitrogens with zero attached hydrogens (tertiary/aromatic N) is 2. The molecule has 2 heterocycles. The van der Waals surface area contributed by atoms with Crippen molar-refractivity contribution in [3.8, 4) is 0 Å². The lowest BCUT2D eigenvalue weighted by Gasteiger charge is -2.21. The molecule has 6 nitrogen and oxygen atoms in total. The number of hydrogen-bond acceptors (Lipinski definition) is 6. The molecule has 1 unspecified atom stereocenters. The maximum absolute atomic E-state index is 5.54. The molecule has 3 rings (SSSR count). The highest BCUT2D eigenvalue weighted by molar-refractivity contribution is 5.46. The number of ether oxygens (including phenoxy) is 2. The van der Waals surface area contributed by atoms with Gasteiger partial charge in [0.1, 0.15) is 11.9 Å². The van der Waals surface area contributed by atoms with E-state index in [0.717, 1.165) is 23.5 Å². The van der Waals surface area contributed by atoms with Crippen LogP contribution in [0.3, 0.4) is 0 Å². The number of hydrogen-bond donors (Lipinski definition) is 2. The number of aromatic nitrogens is 2. The third-order valence-electron chi connectivity index (χ3n) is 3.53. The summed E-state index contributed by atoms with van der Waals surface area (Å²) >= 11 is 0. The van der Waals surface area contributed by atoms with E-state index in [2.05, 4.69) is 15.4 Å². The molecule has 1 atom stereocenters. The molecule has 0 saturated heterocycles. The van der Waals surface area contributed by atoms with Gasteiger partial charge in [0, 0.05) is 19.1 Å². The van der Waals surface area contributed by atoms with Crippen LogP contribution in [0.1, 0.15) is 36.0 Å². The van der Waals surface area contributed by atoms with E-state index in [1.165, 1.54) is 12.8 Å². The fourth-order valence-corrected chi connectivity index (χ4v) is 2.41. The lowest BCUT2D eigenvalue weighted by Crippen LogP contribution is -2.22. The Morgan fingerprint density at radius 1 is 1.44 bits per heavy atom. The molecule has 1 aromatic heterocycles. The van der Waals surface area contributed by atoms with Crippen molar-refractivity contribution >= 4 is 5.82 Å². The summed E-state index contributed by atoms with van der Waals surface area (Å²) in [4.78, 5) is 9.13. The molecule has 0 aromatic carbocycles. The first-order chi connectivity index (χ1) is 8.83. The molecule has 1 saturated carbocycles. The molecule has 3 N–H and O–H groups in total. The Morgan fingerprint density at radius 2 is 2.28 bits per heavy atom. The normalized spacial score (nSPS) is 20.3. The number of nitrogens with two attached hydrogens (primary N) is 1. The summed E-state index contributed by atoms with van der Waals surface area (Å²) in [5.74, 6) is 7.50. The molecule has 1 aromatic rings. The number of nitrogen functional groups attached to an aromatic ring is 1. The van der Waals surface area contributed by atoms with Crippen molar-refractivity contribution in [1.29, 1.82) is 0 Å². The molecular weight excluding hydrogens is 232 g/mol. The number of fused-ring (bicyclic) bond motifs is 1. The predicted octanol–water partition coefficient (Wildman–Crippen LogP) is 0.932. The average molecular weight is 250 g/mol. The van der Waals surface area contributed by atoms with E-state index < -0.39 is 0 Å². The number of nitrogens with one attached hydrogen (secondary N) is 1. The molecule has 0 amide bonds. The van der Waals surface area contributed by atoms with E-state index in [9.17, 15) is 0 Å². The molecule has 1 fully saturated rings. The van der Waals surface area contributed by atoms with E-state index in [1.807, 2.05) is 0 Å². The molecule has 0 radical (unpaired) electrons. The van der Waals surface area contributed by atoms with Gasteiger partial charge in [0.05, 0.1) is 18.9 Å². The molecular formula is C12H18N4O2. The molecule has 18 heavy (non-hydrogen) atoms. The van der Waals surface area contributed by atoms with Gasteiger partial charge >= 0.3 is 0 Å². The third-order valence-corrected chi connectivity index (χ3v) is 3.53. The van der Waals surface area contributed by atoms with E-state index in [-0.39, 0.29) is 6.10 Å². The van der Waals surface area contributed by atoms with Gasteiger partial charge in [-0.3, -0.25) is 0 Å². The summed E-state index contributed by atoms with van der Waals surface area (Å²) in [6, 6.07) is 0. The lowest BCUT2D eigenvalue weighted by molar-refractivity contribution is 0.0754. The quantitative estimate of drug-likeness (QED) is 0.611. The van der Waals surface area contributed by atoms with Crippen LogP contribution < -0.4 is 11.3 Å². The summed E-state index contributed by atoms with van der Waals surface area (Å²) < 4.78 is 10.9. The first-order valence-electron chi connectivity index (χ1n) is 6.30. The molecule has 6 heteroatoms. The maximum atomic E-state index is 5.54. The van der Waals surface area contributed by atoms with Crippen LogP contribution in [0.2, 0.25) is 0 Å². The van der Waals surface area contributed by atoms with Gasteiger partial charge in [0.2, 0.25) is 0 Å². The fourth-order valence-electron chi connectivity index (χ4n) is 2.41. The molecule has 1 aliphatic heterocycles. The topological polar surface area (TPSA) is 82.3 Å². The highest BCUT2D eigenvalue weighted by atomic mass is 16.5. The molecule has 98 valence electrons. The van der Waals surface area contributed by atoms with E-state index in [0.29, 0.717) is 24.9 Å². The Kier molecular flexibility index (Phi) is 3.15. The monoisotopic (exact) mass is 250 g/mol. The standard InChI is InChI=1S/C12H18N4O2/c1-17-10(7-2-3-7)12-14-9-4-5-18-6-8(9)11(15-12)16-13/h7,10H,2-6,13H2,1H3,(H,14,15,16). The Labute approximate surface area is 106 Å². The lowest BCUT2D eigenvalue weighted by atomic mass is 10.1. The zero-order chi connectivity index (χ0) is 12.5. The summed E-state index contributed by atoms with van der Waals surface area (Å²) in [6.45, 7) is 1.23. The number of rotatable bonds is 4. The zero-order valence-corrected chi connectivity index (χ0v) is 10.5. The largest absolute Gasteiger partial charge is 0.376 e. The van der Waals surface area contributed by atoms with Crippen molar-refractivity contribution in [2.24, 2.45) is 11.8 Å². The van der Waals surface area contributed by atoms with Crippen molar-refractivity contribution in [2.45, 2.75) is 32.0 Å². The number of anilines is 1. The maximum Gasteiger partial charge on any atom is 0.160 e. The van der Waals surface area contributed by atoms with Crippen LogP contribution in [-0.2, 0) is 22.5 Å². The second-order valence-electron chi connectivity index (χ2n) is 4.80. The number of hydrazine groups is 1. The molecule has 2 aliphatic rings. The zero-order valence-electron chi connectivity index (χ0n) is 10.5. The van der Waals surface area contributed by atoms with Crippen LogP contribution in [0.25, 0.3) is 0 Å². The van der Waals surface area contributed by atoms with Crippen molar-refractivity contribution in [2.75, 3.05) is 19.1 Å². The van der Waals surface area contributed by atoms with Gasteiger partial charge in [-0.1, -0.05) is 0 Å². The highest BCUT2D eigenvalue weighted by Gasteiger charge is 2.35. The first-order valence-corrected chi connectivity index (χ1v) is 6.30. The minimum atomic E-state index is -0.00903. The highest BCUT2D eigenvalue weighted by Crippen LogP contribution is 2.42. The Bertz CT molecular complexity index is 431. The second kappa shape index (κ2) is 4.79. The fraction of sp³-hybridized carbons (Fsp3) is 0.667. The summed E-state index contributed by atoms with van der Waals surface area (Å²) in [7, 11) is 1.71. The van der Waals surface area contributed by atoms with Gasteiger partial charge in [-0.05, 0) is 18.8 Å². The SMILES string of the molecule is COC(c1nc2c(c(NN)n1)COCC2)C1CC1. The predicted molar refractivity (Wildman–Crippen MR) is 65.7 cm³/mol. The van der Waals surface area contributed by atoms with Crippen molar-refractivity contribution < 1.29 is 9.47 Å². The van der Waals surface area contributed by atoms with Crippen LogP contribution in [0.15, 0.2) is 0 Å². The van der Waals surface area contributed by atoms with Crippen molar-refractivity contribution in [3.05, 3.63) is 17.1 Å². The summed E-state index contributed by atoms with van der Waals surface area (Å²) in [6.07, 6.45) is 3.17. The Balaban J connectivity index is 1.99. The third kappa shape index (κ3) is 2.07. The van der Waals surface area contributed by atoms with Gasteiger partial charge < -0.3 is 14.9 Å². The minimum Gasteiger partial charge on any atom is -0.376 e. The van der Waals surface area contributed by atoms with Gasteiger partial charge in [-0.2, -0.15) is 0 Å². The van der Waals surface area contributed by atoms with Crippen LogP contribution in [0.4, 0.5) is 5.82 Å². The van der Waals surface area contributed by atoms with Gasteiger partial charge in [-0.15, -0.1) is 0 Å². The van der Waals surface area contributed by atoms with Crippen LogP contribution >= 0.6 is 0 Å². The van der Waals surface area contributed by atoms with E-state index >= 15 is 0 Å². The smallest absolute Gasteiger partial charge is 0.160 e. The van der Waals surface area contributed by atoms with Crippen molar-refractivity contribution in [1.82, 2.24) is 9.97 Å². The molecule has 0 spiro atoms. The van der Waals surface area contributed by atoms with Crippen LogP contribution in [0, 0.1) is 5.92 Å². The van der Waals surface area contributed by atoms with Gasteiger partial charge in [-0.25, -0.2) is 15.8 Å². The number of methoxy groups -OCH3 is 1. The second-order valence-corrected chi connectivity index (χ2v) is 4.80. The Hall–Kier alpha value is -1.24. The van der Waals surface area contributed by atoms with Gasteiger partial charge in [0.15, 0.2) is 5.82 Å². The molecule has 1 aliphatic carbocycles. The first kappa shape index (κ1) is 11.8. The molecule has 0 bridgehead atoms. The Morgan fingerprint density at radius 3 is 2.94 bits per heavy atom. The van der Waals surface area contributed by atoms with Crippen molar-refractivity contribution in [3.63, 3.8) is 0 Å². The van der Waals surface area contributed by atoms with Crippen LogP contribution in [0.5, 0.6) is 0 Å². The minimum absolute atomic E-state index is 0.00903. The van der Waals surface area contributed by atoms with E-state index in [1.54, 1.807) is 7.11 Å². The van der Waals surface area contributed by atoms with E-state index in [4.69, 9.17) is 15.3 Å². The average Bonchev–Trinajstić information content (AvgIpc) is 3.23. The van der Waals surface area contributed by atoms with Crippen LogP contribution in [-0.4, -0.2) is 23.7 Å².